The molecule has 2 aromatic heterocycles. The van der Waals surface area contributed by atoms with Gasteiger partial charge < -0.3 is 0 Å². The Morgan fingerprint density at radius 3 is 3.00 bits per heavy atom. The smallest absolute Gasteiger partial charge is 0.161 e. The predicted octanol–water partition coefficient (Wildman–Crippen LogP) is 2.09. The van der Waals surface area contributed by atoms with Gasteiger partial charge in [-0.05, 0) is 15.9 Å². The van der Waals surface area contributed by atoms with E-state index < -0.39 is 0 Å². The lowest BCUT2D eigenvalue weighted by Crippen LogP contribution is -1.82. The van der Waals surface area contributed by atoms with E-state index in [1.54, 1.807) is 30.1 Å². The molecule has 0 saturated heterocycles. The molecule has 2 heterocycles. The summed E-state index contributed by atoms with van der Waals surface area (Å²) in [5.74, 6) is 0. The van der Waals surface area contributed by atoms with E-state index in [2.05, 4.69) is 25.9 Å². The van der Waals surface area contributed by atoms with Gasteiger partial charge in [-0.15, -0.1) is 0 Å². The van der Waals surface area contributed by atoms with Crippen molar-refractivity contribution in [3.8, 4) is 5.00 Å². The summed E-state index contributed by atoms with van der Waals surface area (Å²) in [5.41, 5.74) is 0. The third kappa shape index (κ3) is 1.34. The first-order valence-electron chi connectivity index (χ1n) is 2.96. The van der Waals surface area contributed by atoms with E-state index in [1.165, 1.54) is 0 Å². The summed E-state index contributed by atoms with van der Waals surface area (Å²) < 4.78 is 2.81. The van der Waals surface area contributed by atoms with Gasteiger partial charge in [-0.25, -0.2) is 9.97 Å². The highest BCUT2D eigenvalue weighted by Gasteiger charge is 1.98. The van der Waals surface area contributed by atoms with Crippen LogP contribution in [0.1, 0.15) is 0 Å². The molecule has 2 rings (SSSR count). The fourth-order valence-corrected chi connectivity index (χ4v) is 1.95. The molecule has 0 atom stereocenters. The van der Waals surface area contributed by atoms with Gasteiger partial charge in [-0.3, -0.25) is 4.57 Å². The second-order valence-electron chi connectivity index (χ2n) is 1.92. The number of hydrogen-bond donors (Lipinski definition) is 0. The second-order valence-corrected chi connectivity index (χ2v) is 4.21. The van der Waals surface area contributed by atoms with Crippen molar-refractivity contribution in [2.24, 2.45) is 0 Å². The van der Waals surface area contributed by atoms with E-state index in [0.717, 1.165) is 8.92 Å². The normalized spacial score (nSPS) is 10.3. The van der Waals surface area contributed by atoms with E-state index in [-0.39, 0.29) is 0 Å². The molecule has 5 heteroatoms. The average molecular weight is 230 g/mol. The number of halogens is 1. The summed E-state index contributed by atoms with van der Waals surface area (Å²) in [7, 11) is 0. The van der Waals surface area contributed by atoms with Gasteiger partial charge in [0.1, 0.15) is 5.00 Å². The van der Waals surface area contributed by atoms with Gasteiger partial charge in [0.25, 0.3) is 0 Å². The highest BCUT2D eigenvalue weighted by Crippen LogP contribution is 2.21. The van der Waals surface area contributed by atoms with Crippen molar-refractivity contribution in [2.75, 3.05) is 0 Å². The molecule has 11 heavy (non-hydrogen) atoms. The summed E-state index contributed by atoms with van der Waals surface area (Å²) in [6.45, 7) is 0. The first-order valence-corrected chi connectivity index (χ1v) is 4.57. The molecule has 0 bridgehead atoms. The number of rotatable bonds is 1. The SMILES string of the molecule is Brc1ncc(-n2ccnc2)s1. The van der Waals surface area contributed by atoms with E-state index >= 15 is 0 Å². The van der Waals surface area contributed by atoms with Crippen LogP contribution >= 0.6 is 27.3 Å². The molecular formula is C6H4BrN3S. The first kappa shape index (κ1) is 7.00. The fourth-order valence-electron chi connectivity index (χ4n) is 0.754. The van der Waals surface area contributed by atoms with Crippen molar-refractivity contribution in [3.63, 3.8) is 0 Å². The summed E-state index contributed by atoms with van der Waals surface area (Å²) in [6, 6.07) is 0. The zero-order valence-corrected chi connectivity index (χ0v) is 7.84. The van der Waals surface area contributed by atoms with Crippen molar-refractivity contribution in [1.82, 2.24) is 14.5 Å². The van der Waals surface area contributed by atoms with Gasteiger partial charge in [0.2, 0.25) is 0 Å². The second kappa shape index (κ2) is 2.75. The summed E-state index contributed by atoms with van der Waals surface area (Å²) in [4.78, 5) is 7.99. The van der Waals surface area contributed by atoms with Gasteiger partial charge in [-0.1, -0.05) is 11.3 Å². The van der Waals surface area contributed by atoms with Crippen LogP contribution < -0.4 is 0 Å². The maximum absolute atomic E-state index is 4.06. The van der Waals surface area contributed by atoms with Crippen LogP contribution in [-0.2, 0) is 0 Å². The molecule has 56 valence electrons. The van der Waals surface area contributed by atoms with Gasteiger partial charge in [0, 0.05) is 12.4 Å². The molecule has 0 radical (unpaired) electrons. The molecule has 0 saturated carbocycles. The predicted molar refractivity (Wildman–Crippen MR) is 46.9 cm³/mol. The largest absolute Gasteiger partial charge is 0.296 e. The molecule has 3 nitrogen and oxygen atoms in total. The van der Waals surface area contributed by atoms with Gasteiger partial charge >= 0.3 is 0 Å². The lowest BCUT2D eigenvalue weighted by molar-refractivity contribution is 1.08. The highest BCUT2D eigenvalue weighted by atomic mass is 79.9. The molecule has 0 aliphatic carbocycles. The van der Waals surface area contributed by atoms with Crippen molar-refractivity contribution >= 4 is 27.3 Å². The Morgan fingerprint density at radius 1 is 1.55 bits per heavy atom. The minimum absolute atomic E-state index is 0.890. The molecule has 0 N–H and O–H groups in total. The zero-order valence-electron chi connectivity index (χ0n) is 5.44. The highest BCUT2D eigenvalue weighted by molar-refractivity contribution is 9.11. The summed E-state index contributed by atoms with van der Waals surface area (Å²) in [5, 5.41) is 1.06. The maximum atomic E-state index is 4.06. The van der Waals surface area contributed by atoms with Crippen LogP contribution in [0.15, 0.2) is 28.8 Å². The van der Waals surface area contributed by atoms with Crippen LogP contribution in [0.4, 0.5) is 0 Å². The third-order valence-corrected chi connectivity index (χ3v) is 2.71. The van der Waals surface area contributed by atoms with E-state index in [4.69, 9.17) is 0 Å². The van der Waals surface area contributed by atoms with Crippen molar-refractivity contribution in [3.05, 3.63) is 28.8 Å². The lowest BCUT2D eigenvalue weighted by Gasteiger charge is -1.91. The standard InChI is InChI=1S/C6H4BrN3S/c7-6-9-3-5(11-6)10-2-1-8-4-10/h1-4H. The number of thiazole rings is 1. The molecule has 0 aliphatic heterocycles. The maximum Gasteiger partial charge on any atom is 0.161 e. The summed E-state index contributed by atoms with van der Waals surface area (Å²) >= 11 is 4.87. The molecule has 2 aromatic rings. The molecule has 0 spiro atoms. The van der Waals surface area contributed by atoms with Crippen molar-refractivity contribution < 1.29 is 0 Å². The molecule has 0 unspecified atom stereocenters. The van der Waals surface area contributed by atoms with Gasteiger partial charge in [-0.2, -0.15) is 0 Å². The minimum Gasteiger partial charge on any atom is -0.296 e. The number of imidazole rings is 1. The van der Waals surface area contributed by atoms with Crippen LogP contribution in [0.3, 0.4) is 0 Å². The zero-order chi connectivity index (χ0) is 7.68. The Balaban J connectivity index is 2.45. The van der Waals surface area contributed by atoms with E-state index in [9.17, 15) is 0 Å². The van der Waals surface area contributed by atoms with Crippen LogP contribution in [0.25, 0.3) is 5.00 Å². The van der Waals surface area contributed by atoms with Crippen LogP contribution in [0, 0.1) is 0 Å². The molecule has 0 fully saturated rings. The molecule has 0 amide bonds. The Labute approximate surface area is 75.9 Å². The quantitative estimate of drug-likeness (QED) is 0.750. The average Bonchev–Trinajstić information content (AvgIpc) is 2.55. The Morgan fingerprint density at radius 2 is 2.45 bits per heavy atom. The van der Waals surface area contributed by atoms with E-state index in [1.807, 2.05) is 10.8 Å². The van der Waals surface area contributed by atoms with Crippen LogP contribution in [0.2, 0.25) is 0 Å². The topological polar surface area (TPSA) is 30.7 Å². The minimum atomic E-state index is 0.890. The summed E-state index contributed by atoms with van der Waals surface area (Å²) in [6.07, 6.45) is 7.18. The van der Waals surface area contributed by atoms with Crippen molar-refractivity contribution in [2.45, 2.75) is 0 Å². The number of hydrogen-bond acceptors (Lipinski definition) is 3. The fraction of sp³-hybridized carbons (Fsp3) is 0. The van der Waals surface area contributed by atoms with Gasteiger partial charge in [0.05, 0.1) is 12.5 Å². The Hall–Kier alpha value is -0.680. The van der Waals surface area contributed by atoms with Gasteiger partial charge in [0.15, 0.2) is 3.92 Å². The lowest BCUT2D eigenvalue weighted by atomic mass is 10.8. The Kier molecular flexibility index (Phi) is 1.75. The molecule has 0 aliphatic rings. The molecular weight excluding hydrogens is 226 g/mol. The Bertz CT molecular complexity index is 340. The molecule has 0 aromatic carbocycles. The van der Waals surface area contributed by atoms with Crippen LogP contribution in [-0.4, -0.2) is 14.5 Å². The first-order chi connectivity index (χ1) is 5.36. The number of nitrogens with zero attached hydrogens (tertiary/aromatic N) is 3. The van der Waals surface area contributed by atoms with Crippen LogP contribution in [0.5, 0.6) is 0 Å². The third-order valence-electron chi connectivity index (χ3n) is 1.22. The number of aromatic nitrogens is 3. The monoisotopic (exact) mass is 229 g/mol. The van der Waals surface area contributed by atoms with E-state index in [0.29, 0.717) is 0 Å². The van der Waals surface area contributed by atoms with Crippen molar-refractivity contribution in [1.29, 1.82) is 0 Å².